The molecule has 0 bridgehead atoms. The highest BCUT2D eigenvalue weighted by atomic mass is 16.5. The van der Waals surface area contributed by atoms with Crippen LogP contribution < -0.4 is 5.69 Å². The van der Waals surface area contributed by atoms with Crippen LogP contribution in [0.2, 0.25) is 0 Å². The summed E-state index contributed by atoms with van der Waals surface area (Å²) < 4.78 is 7.65. The van der Waals surface area contributed by atoms with E-state index in [1.807, 2.05) is 16.7 Å². The SMILES string of the molecule is CCOC1CCC(N2CCC(n3c(=O)[nH]c4ccc(C#N)cc43)CC2)CC1. The second-order valence-electron chi connectivity index (χ2n) is 7.80. The van der Waals surface area contributed by atoms with Gasteiger partial charge in [-0.15, -0.1) is 0 Å². The van der Waals surface area contributed by atoms with Crippen LogP contribution >= 0.6 is 0 Å². The van der Waals surface area contributed by atoms with Crippen LogP contribution in [-0.4, -0.2) is 46.3 Å². The number of fused-ring (bicyclic) bond motifs is 1. The molecule has 27 heavy (non-hydrogen) atoms. The first-order chi connectivity index (χ1) is 13.2. The molecule has 0 radical (unpaired) electrons. The summed E-state index contributed by atoms with van der Waals surface area (Å²) in [7, 11) is 0. The van der Waals surface area contributed by atoms with Gasteiger partial charge in [0.2, 0.25) is 0 Å². The fraction of sp³-hybridized carbons (Fsp3) is 0.619. The van der Waals surface area contributed by atoms with Crippen molar-refractivity contribution in [3.05, 3.63) is 34.2 Å². The van der Waals surface area contributed by atoms with E-state index in [0.717, 1.165) is 56.4 Å². The molecule has 1 saturated heterocycles. The van der Waals surface area contributed by atoms with Crippen LogP contribution in [0.1, 0.15) is 57.1 Å². The molecule has 1 saturated carbocycles. The van der Waals surface area contributed by atoms with Crippen molar-refractivity contribution in [3.63, 3.8) is 0 Å². The monoisotopic (exact) mass is 368 g/mol. The highest BCUT2D eigenvalue weighted by molar-refractivity contribution is 5.77. The lowest BCUT2D eigenvalue weighted by Gasteiger charge is -2.40. The Bertz CT molecular complexity index is 878. The zero-order valence-corrected chi connectivity index (χ0v) is 16.0. The summed E-state index contributed by atoms with van der Waals surface area (Å²) >= 11 is 0. The Morgan fingerprint density at radius 3 is 2.56 bits per heavy atom. The van der Waals surface area contributed by atoms with Gasteiger partial charge >= 0.3 is 5.69 Å². The van der Waals surface area contributed by atoms with Crippen molar-refractivity contribution in [1.82, 2.24) is 14.5 Å². The average Bonchev–Trinajstić information content (AvgIpc) is 3.04. The predicted octanol–water partition coefficient (Wildman–Crippen LogP) is 3.19. The Morgan fingerprint density at radius 2 is 1.89 bits per heavy atom. The van der Waals surface area contributed by atoms with Crippen LogP contribution in [0.3, 0.4) is 0 Å². The van der Waals surface area contributed by atoms with E-state index in [1.165, 1.54) is 12.8 Å². The van der Waals surface area contributed by atoms with E-state index < -0.39 is 0 Å². The maximum Gasteiger partial charge on any atom is 0.326 e. The predicted molar refractivity (Wildman–Crippen MR) is 105 cm³/mol. The van der Waals surface area contributed by atoms with E-state index in [4.69, 9.17) is 4.74 Å². The lowest BCUT2D eigenvalue weighted by molar-refractivity contribution is 0.00796. The molecule has 2 aromatic rings. The number of piperidine rings is 1. The number of nitrogens with zero attached hydrogens (tertiary/aromatic N) is 3. The number of ether oxygens (including phenoxy) is 1. The number of aromatic nitrogens is 2. The molecule has 0 spiro atoms. The zero-order valence-electron chi connectivity index (χ0n) is 16.0. The second-order valence-corrected chi connectivity index (χ2v) is 7.80. The Kier molecular flexibility index (Phi) is 5.33. The number of H-pyrrole nitrogens is 1. The molecule has 0 unspecified atom stereocenters. The molecule has 1 aromatic heterocycles. The molecule has 1 N–H and O–H groups in total. The van der Waals surface area contributed by atoms with Gasteiger partial charge < -0.3 is 14.6 Å². The quantitative estimate of drug-likeness (QED) is 0.899. The fourth-order valence-corrected chi connectivity index (χ4v) is 4.88. The van der Waals surface area contributed by atoms with Crippen molar-refractivity contribution in [3.8, 4) is 6.07 Å². The van der Waals surface area contributed by atoms with Gasteiger partial charge in [0.15, 0.2) is 0 Å². The molecule has 1 aromatic carbocycles. The van der Waals surface area contributed by atoms with Crippen LogP contribution in [0.5, 0.6) is 0 Å². The molecule has 6 heteroatoms. The number of likely N-dealkylation sites (tertiary alicyclic amines) is 1. The molecule has 0 amide bonds. The van der Waals surface area contributed by atoms with Crippen LogP contribution in [0.25, 0.3) is 11.0 Å². The largest absolute Gasteiger partial charge is 0.379 e. The van der Waals surface area contributed by atoms with Gasteiger partial charge in [0.05, 0.1) is 28.8 Å². The minimum atomic E-state index is -0.0595. The van der Waals surface area contributed by atoms with Gasteiger partial charge in [-0.25, -0.2) is 4.79 Å². The zero-order chi connectivity index (χ0) is 18.8. The molecule has 1 aliphatic heterocycles. The van der Waals surface area contributed by atoms with Crippen LogP contribution in [0, 0.1) is 11.3 Å². The molecule has 4 rings (SSSR count). The Balaban J connectivity index is 1.43. The van der Waals surface area contributed by atoms with E-state index in [2.05, 4.69) is 22.9 Å². The first-order valence-corrected chi connectivity index (χ1v) is 10.2. The van der Waals surface area contributed by atoms with Gasteiger partial charge in [0.25, 0.3) is 0 Å². The van der Waals surface area contributed by atoms with Gasteiger partial charge in [-0.2, -0.15) is 5.26 Å². The normalized spacial score (nSPS) is 24.9. The van der Waals surface area contributed by atoms with Crippen molar-refractivity contribution >= 4 is 11.0 Å². The van der Waals surface area contributed by atoms with Crippen LogP contribution in [0.15, 0.2) is 23.0 Å². The Hall–Kier alpha value is -2.10. The molecule has 2 heterocycles. The van der Waals surface area contributed by atoms with Crippen molar-refractivity contribution in [2.75, 3.05) is 19.7 Å². The van der Waals surface area contributed by atoms with Crippen LogP contribution in [0.4, 0.5) is 0 Å². The van der Waals surface area contributed by atoms with Gasteiger partial charge in [0.1, 0.15) is 0 Å². The number of rotatable bonds is 4. The standard InChI is InChI=1S/C21H28N4O2/c1-2-27-18-6-4-16(5-7-18)24-11-9-17(10-12-24)25-20-13-15(14-22)3-8-19(20)23-21(25)26/h3,8,13,16-18H,2,4-7,9-12H2,1H3,(H,23,26). The number of nitriles is 1. The highest BCUT2D eigenvalue weighted by Gasteiger charge is 2.30. The van der Waals surface area contributed by atoms with Gasteiger partial charge in [0, 0.05) is 31.8 Å². The van der Waals surface area contributed by atoms with Gasteiger partial charge in [-0.1, -0.05) is 0 Å². The average molecular weight is 368 g/mol. The maximum absolute atomic E-state index is 12.5. The first kappa shape index (κ1) is 18.3. The summed E-state index contributed by atoms with van der Waals surface area (Å²) in [5.41, 5.74) is 2.21. The second kappa shape index (κ2) is 7.87. The summed E-state index contributed by atoms with van der Waals surface area (Å²) in [4.78, 5) is 18.1. The molecule has 2 aliphatic rings. The third kappa shape index (κ3) is 3.67. The van der Waals surface area contributed by atoms with E-state index in [-0.39, 0.29) is 11.7 Å². The summed E-state index contributed by atoms with van der Waals surface area (Å²) in [5, 5.41) is 9.17. The minimum absolute atomic E-state index is 0.0595. The number of hydrogen-bond acceptors (Lipinski definition) is 4. The van der Waals surface area contributed by atoms with Crippen molar-refractivity contribution in [2.24, 2.45) is 0 Å². The number of benzene rings is 1. The molecule has 1 aliphatic carbocycles. The molecule has 0 atom stereocenters. The van der Waals surface area contributed by atoms with Crippen LogP contribution in [-0.2, 0) is 4.74 Å². The van der Waals surface area contributed by atoms with E-state index in [1.54, 1.807) is 6.07 Å². The summed E-state index contributed by atoms with van der Waals surface area (Å²) in [6.45, 7) is 4.95. The molecule has 144 valence electrons. The smallest absolute Gasteiger partial charge is 0.326 e. The van der Waals surface area contributed by atoms with Gasteiger partial charge in [-0.3, -0.25) is 4.57 Å². The first-order valence-electron chi connectivity index (χ1n) is 10.2. The van der Waals surface area contributed by atoms with Crippen molar-refractivity contribution in [1.29, 1.82) is 5.26 Å². The van der Waals surface area contributed by atoms with Gasteiger partial charge in [-0.05, 0) is 63.6 Å². The summed E-state index contributed by atoms with van der Waals surface area (Å²) in [5.74, 6) is 0. The van der Waals surface area contributed by atoms with Crippen molar-refractivity contribution < 1.29 is 4.74 Å². The Morgan fingerprint density at radius 1 is 1.15 bits per heavy atom. The minimum Gasteiger partial charge on any atom is -0.379 e. The third-order valence-electron chi connectivity index (χ3n) is 6.27. The number of nitrogens with one attached hydrogen (secondary N) is 1. The number of aromatic amines is 1. The molecule has 2 fully saturated rings. The lowest BCUT2D eigenvalue weighted by Crippen LogP contribution is -2.45. The topological polar surface area (TPSA) is 74.0 Å². The third-order valence-corrected chi connectivity index (χ3v) is 6.27. The highest BCUT2D eigenvalue weighted by Crippen LogP contribution is 2.31. The van der Waals surface area contributed by atoms with E-state index >= 15 is 0 Å². The lowest BCUT2D eigenvalue weighted by atomic mass is 9.90. The number of hydrogen-bond donors (Lipinski definition) is 1. The maximum atomic E-state index is 12.5. The molecule has 6 nitrogen and oxygen atoms in total. The molecular formula is C21H28N4O2. The fourth-order valence-electron chi connectivity index (χ4n) is 4.88. The molecular weight excluding hydrogens is 340 g/mol. The van der Waals surface area contributed by atoms with Crippen molar-refractivity contribution in [2.45, 2.75) is 63.6 Å². The Labute approximate surface area is 159 Å². The summed E-state index contributed by atoms with van der Waals surface area (Å²) in [6, 6.07) is 8.45. The van der Waals surface area contributed by atoms with E-state index in [9.17, 15) is 10.1 Å². The summed E-state index contributed by atoms with van der Waals surface area (Å²) in [6.07, 6.45) is 7.17. The number of imidazole rings is 1. The van der Waals surface area contributed by atoms with E-state index in [0.29, 0.717) is 17.7 Å².